The molecule has 6 nitrogen and oxygen atoms in total. The van der Waals surface area contributed by atoms with Gasteiger partial charge in [-0.25, -0.2) is 4.79 Å². The van der Waals surface area contributed by atoms with Gasteiger partial charge in [0.05, 0.1) is 24.4 Å². The molecule has 0 radical (unpaired) electrons. The maximum Gasteiger partial charge on any atom is 0.331 e. The third-order valence-electron chi connectivity index (χ3n) is 4.59. The lowest BCUT2D eigenvalue weighted by atomic mass is 9.77. The highest BCUT2D eigenvalue weighted by Gasteiger charge is 2.43. The largest absolute Gasteiger partial charge is 0.467 e. The van der Waals surface area contributed by atoms with E-state index in [1.807, 2.05) is 20.8 Å². The van der Waals surface area contributed by atoms with E-state index in [-0.39, 0.29) is 17.4 Å². The monoisotopic (exact) mass is 321 g/mol. The number of amides is 1. The molecule has 0 atom stereocenters. The van der Waals surface area contributed by atoms with Crippen molar-refractivity contribution in [3.63, 3.8) is 0 Å². The summed E-state index contributed by atoms with van der Waals surface area (Å²) in [4.78, 5) is 24.9. The third-order valence-corrected chi connectivity index (χ3v) is 4.59. The van der Waals surface area contributed by atoms with Crippen LogP contribution in [0.2, 0.25) is 0 Å². The predicted molar refractivity (Wildman–Crippen MR) is 87.1 cm³/mol. The van der Waals surface area contributed by atoms with Crippen molar-refractivity contribution in [3.8, 4) is 0 Å². The molecule has 128 valence electrons. The summed E-state index contributed by atoms with van der Waals surface area (Å²) >= 11 is 0. The first-order chi connectivity index (χ1) is 10.7. The predicted octanol–water partition coefficient (Wildman–Crippen LogP) is 2.49. The Labute approximate surface area is 137 Å². The van der Waals surface area contributed by atoms with Gasteiger partial charge in [0.25, 0.3) is 5.91 Å². The molecule has 0 spiro atoms. The van der Waals surface area contributed by atoms with Gasteiger partial charge in [0.2, 0.25) is 0 Å². The molecule has 0 aromatic carbocycles. The molecule has 1 aliphatic carbocycles. The number of methoxy groups -OCH3 is 1. The summed E-state index contributed by atoms with van der Waals surface area (Å²) in [5.74, 6) is -0.0743. The number of hydrogen-bond acceptors (Lipinski definition) is 4. The Balaban J connectivity index is 2.18. The number of rotatable bonds is 3. The number of hydrogen-bond donors (Lipinski definition) is 1. The zero-order valence-electron chi connectivity index (χ0n) is 14.7. The van der Waals surface area contributed by atoms with Crippen molar-refractivity contribution in [2.45, 2.75) is 64.5 Å². The second kappa shape index (κ2) is 6.34. The summed E-state index contributed by atoms with van der Waals surface area (Å²) in [5.41, 5.74) is -0.650. The summed E-state index contributed by atoms with van der Waals surface area (Å²) in [7, 11) is 1.37. The Bertz CT molecular complexity index is 578. The summed E-state index contributed by atoms with van der Waals surface area (Å²) in [6, 6.07) is 0. The molecule has 1 saturated carbocycles. The number of aromatic nitrogens is 2. The van der Waals surface area contributed by atoms with Crippen molar-refractivity contribution in [1.29, 1.82) is 0 Å². The molecule has 1 heterocycles. The highest BCUT2D eigenvalue weighted by atomic mass is 16.5. The number of esters is 1. The summed E-state index contributed by atoms with van der Waals surface area (Å²) < 4.78 is 6.70. The van der Waals surface area contributed by atoms with Crippen molar-refractivity contribution in [3.05, 3.63) is 18.0 Å². The first kappa shape index (κ1) is 17.5. The number of nitrogens with zero attached hydrogens (tertiary/aromatic N) is 2. The van der Waals surface area contributed by atoms with Gasteiger partial charge in [0, 0.05) is 6.20 Å². The van der Waals surface area contributed by atoms with Crippen molar-refractivity contribution in [1.82, 2.24) is 15.1 Å². The number of carbonyl (C=O) groups excluding carboxylic acids is 2. The van der Waals surface area contributed by atoms with Crippen LogP contribution >= 0.6 is 0 Å². The van der Waals surface area contributed by atoms with E-state index in [4.69, 9.17) is 4.74 Å². The van der Waals surface area contributed by atoms with Crippen LogP contribution in [-0.4, -0.2) is 34.3 Å². The molecule has 1 aliphatic rings. The van der Waals surface area contributed by atoms with Gasteiger partial charge in [0.15, 0.2) is 0 Å². The highest BCUT2D eigenvalue weighted by molar-refractivity contribution is 5.97. The molecule has 1 N–H and O–H groups in total. The van der Waals surface area contributed by atoms with Crippen LogP contribution in [0, 0.1) is 5.92 Å². The maximum absolute atomic E-state index is 12.6. The molecule has 0 aliphatic heterocycles. The van der Waals surface area contributed by atoms with Gasteiger partial charge < -0.3 is 10.1 Å². The molecule has 0 unspecified atom stereocenters. The number of nitrogens with one attached hydrogen (secondary N) is 1. The van der Waals surface area contributed by atoms with E-state index in [1.165, 1.54) is 13.3 Å². The lowest BCUT2D eigenvalue weighted by molar-refractivity contribution is -0.150. The van der Waals surface area contributed by atoms with Gasteiger partial charge in [-0.2, -0.15) is 5.10 Å². The van der Waals surface area contributed by atoms with E-state index in [0.717, 1.165) is 12.8 Å². The topological polar surface area (TPSA) is 73.2 Å². The average molecular weight is 321 g/mol. The normalized spacial score (nSPS) is 25.0. The SMILES string of the molecule is COC(=O)C1(NC(=O)c2cnn(C(C)(C)C)c2)CCC(C)CC1. The molecule has 1 aromatic heterocycles. The van der Waals surface area contributed by atoms with E-state index < -0.39 is 5.54 Å². The average Bonchev–Trinajstić information content (AvgIpc) is 2.99. The Morgan fingerprint density at radius 2 is 1.96 bits per heavy atom. The summed E-state index contributed by atoms with van der Waals surface area (Å²) in [5, 5.41) is 7.16. The number of carbonyl (C=O) groups is 2. The van der Waals surface area contributed by atoms with Crippen LogP contribution in [0.25, 0.3) is 0 Å². The molecule has 2 rings (SSSR count). The molecule has 1 fully saturated rings. The van der Waals surface area contributed by atoms with Gasteiger partial charge in [-0.15, -0.1) is 0 Å². The second-order valence-electron chi connectivity index (χ2n) is 7.55. The first-order valence-electron chi connectivity index (χ1n) is 8.14. The van der Waals surface area contributed by atoms with Gasteiger partial charge in [-0.1, -0.05) is 6.92 Å². The van der Waals surface area contributed by atoms with E-state index in [2.05, 4.69) is 17.3 Å². The quantitative estimate of drug-likeness (QED) is 0.868. The second-order valence-corrected chi connectivity index (χ2v) is 7.55. The highest BCUT2D eigenvalue weighted by Crippen LogP contribution is 2.33. The van der Waals surface area contributed by atoms with Gasteiger partial charge in [0.1, 0.15) is 5.54 Å². The van der Waals surface area contributed by atoms with Crippen LogP contribution in [0.4, 0.5) is 0 Å². The molecule has 6 heteroatoms. The molecule has 0 bridgehead atoms. The van der Waals surface area contributed by atoms with E-state index in [0.29, 0.717) is 24.3 Å². The van der Waals surface area contributed by atoms with Gasteiger partial charge >= 0.3 is 5.97 Å². The minimum absolute atomic E-state index is 0.196. The van der Waals surface area contributed by atoms with Crippen molar-refractivity contribution in [2.75, 3.05) is 7.11 Å². The van der Waals surface area contributed by atoms with Crippen molar-refractivity contribution < 1.29 is 14.3 Å². The van der Waals surface area contributed by atoms with Crippen LogP contribution in [0.1, 0.15) is 63.7 Å². The Kier molecular flexibility index (Phi) is 4.82. The van der Waals surface area contributed by atoms with Crippen LogP contribution in [0.5, 0.6) is 0 Å². The standard InChI is InChI=1S/C17H27N3O3/c1-12-6-8-17(9-7-12,15(22)23-5)19-14(21)13-10-18-20(11-13)16(2,3)4/h10-12H,6-9H2,1-5H3,(H,19,21). The molecule has 23 heavy (non-hydrogen) atoms. The van der Waals surface area contributed by atoms with Crippen LogP contribution in [0.15, 0.2) is 12.4 Å². The first-order valence-corrected chi connectivity index (χ1v) is 8.14. The maximum atomic E-state index is 12.6. The molecule has 1 amide bonds. The van der Waals surface area contributed by atoms with E-state index in [1.54, 1.807) is 10.9 Å². The van der Waals surface area contributed by atoms with Gasteiger partial charge in [-0.3, -0.25) is 9.48 Å². The Hall–Kier alpha value is -1.85. The number of ether oxygens (including phenoxy) is 1. The zero-order valence-corrected chi connectivity index (χ0v) is 14.7. The fourth-order valence-corrected chi connectivity index (χ4v) is 2.93. The van der Waals surface area contributed by atoms with Crippen molar-refractivity contribution >= 4 is 11.9 Å². The zero-order chi connectivity index (χ0) is 17.3. The Morgan fingerprint density at radius 1 is 1.35 bits per heavy atom. The minimum atomic E-state index is -0.915. The molecule has 0 saturated heterocycles. The van der Waals surface area contributed by atoms with Crippen LogP contribution in [-0.2, 0) is 15.1 Å². The van der Waals surface area contributed by atoms with E-state index in [9.17, 15) is 9.59 Å². The molecular formula is C17H27N3O3. The smallest absolute Gasteiger partial charge is 0.331 e. The van der Waals surface area contributed by atoms with Crippen molar-refractivity contribution in [2.24, 2.45) is 5.92 Å². The fraction of sp³-hybridized carbons (Fsp3) is 0.706. The van der Waals surface area contributed by atoms with Gasteiger partial charge in [-0.05, 0) is 52.4 Å². The fourth-order valence-electron chi connectivity index (χ4n) is 2.93. The molecular weight excluding hydrogens is 294 g/mol. The lowest BCUT2D eigenvalue weighted by Gasteiger charge is -2.37. The Morgan fingerprint density at radius 3 is 2.43 bits per heavy atom. The summed E-state index contributed by atoms with van der Waals surface area (Å²) in [6.45, 7) is 8.21. The minimum Gasteiger partial charge on any atom is -0.467 e. The molecule has 1 aromatic rings. The summed E-state index contributed by atoms with van der Waals surface area (Å²) in [6.07, 6.45) is 6.27. The third kappa shape index (κ3) is 3.74. The lowest BCUT2D eigenvalue weighted by Crippen LogP contribution is -2.56. The van der Waals surface area contributed by atoms with E-state index >= 15 is 0 Å². The van der Waals surface area contributed by atoms with Crippen LogP contribution < -0.4 is 5.32 Å². The van der Waals surface area contributed by atoms with Crippen LogP contribution in [0.3, 0.4) is 0 Å².